The van der Waals surface area contributed by atoms with E-state index in [0.29, 0.717) is 42.5 Å². The van der Waals surface area contributed by atoms with Gasteiger partial charge in [-0.3, -0.25) is 0 Å². The number of carbonyl (C=O) groups is 1. The molecule has 7 nitrogen and oxygen atoms in total. The van der Waals surface area contributed by atoms with E-state index in [1.807, 2.05) is 4.90 Å². The fourth-order valence-corrected chi connectivity index (χ4v) is 3.07. The highest BCUT2D eigenvalue weighted by Crippen LogP contribution is 2.30. The summed E-state index contributed by atoms with van der Waals surface area (Å²) in [7, 11) is 3.02. The number of benzene rings is 1. The van der Waals surface area contributed by atoms with Crippen molar-refractivity contribution in [1.82, 2.24) is 10.3 Å². The van der Waals surface area contributed by atoms with Gasteiger partial charge in [0.25, 0.3) is 0 Å². The maximum absolute atomic E-state index is 12.7. The molecule has 2 N–H and O–H groups in total. The molecule has 156 valence electrons. The van der Waals surface area contributed by atoms with E-state index in [1.54, 1.807) is 18.2 Å². The molecule has 1 fully saturated rings. The lowest BCUT2D eigenvalue weighted by molar-refractivity contribution is -0.137. The summed E-state index contributed by atoms with van der Waals surface area (Å²) in [6.07, 6.45) is -2.95. The zero-order chi connectivity index (χ0) is 21.0. The Morgan fingerprint density at radius 3 is 2.62 bits per heavy atom. The molecule has 0 saturated carbocycles. The molecule has 1 aromatic carbocycles. The van der Waals surface area contributed by atoms with E-state index < -0.39 is 17.8 Å². The molecule has 2 aromatic rings. The van der Waals surface area contributed by atoms with Gasteiger partial charge < -0.3 is 25.0 Å². The van der Waals surface area contributed by atoms with Gasteiger partial charge in [0.2, 0.25) is 0 Å². The van der Waals surface area contributed by atoms with E-state index in [-0.39, 0.29) is 6.04 Å². The second-order valence-corrected chi connectivity index (χ2v) is 6.50. The van der Waals surface area contributed by atoms with Crippen LogP contribution in [0.4, 0.5) is 29.5 Å². The van der Waals surface area contributed by atoms with Crippen LogP contribution in [0.25, 0.3) is 0 Å². The van der Waals surface area contributed by atoms with Crippen LogP contribution in [0.15, 0.2) is 36.5 Å². The summed E-state index contributed by atoms with van der Waals surface area (Å²) in [6, 6.07) is 6.81. The smallest absolute Gasteiger partial charge is 0.417 e. The van der Waals surface area contributed by atoms with Crippen molar-refractivity contribution in [3.05, 3.63) is 42.1 Å². The Kier molecular flexibility index (Phi) is 6.00. The van der Waals surface area contributed by atoms with E-state index in [0.717, 1.165) is 12.3 Å². The molecule has 0 spiro atoms. The highest BCUT2D eigenvalue weighted by molar-refractivity contribution is 5.91. The Morgan fingerprint density at radius 2 is 2.00 bits per heavy atom. The minimum Gasteiger partial charge on any atom is -0.497 e. The van der Waals surface area contributed by atoms with E-state index in [1.165, 1.54) is 20.3 Å². The van der Waals surface area contributed by atoms with Crippen molar-refractivity contribution in [1.29, 1.82) is 0 Å². The quantitative estimate of drug-likeness (QED) is 0.789. The first-order valence-corrected chi connectivity index (χ1v) is 8.88. The maximum atomic E-state index is 12.7. The number of urea groups is 1. The van der Waals surface area contributed by atoms with Gasteiger partial charge in [0.15, 0.2) is 0 Å². The number of alkyl halides is 3. The third kappa shape index (κ3) is 5.01. The lowest BCUT2D eigenvalue weighted by Crippen LogP contribution is -2.39. The number of methoxy groups -OCH3 is 2. The van der Waals surface area contributed by atoms with Crippen LogP contribution in [-0.2, 0) is 6.18 Å². The number of ether oxygens (including phenoxy) is 2. The first kappa shape index (κ1) is 20.6. The van der Waals surface area contributed by atoms with Crippen molar-refractivity contribution in [2.75, 3.05) is 37.5 Å². The van der Waals surface area contributed by atoms with Crippen molar-refractivity contribution in [3.63, 3.8) is 0 Å². The fourth-order valence-electron chi connectivity index (χ4n) is 3.07. The van der Waals surface area contributed by atoms with E-state index in [2.05, 4.69) is 15.6 Å². The van der Waals surface area contributed by atoms with Crippen molar-refractivity contribution in [2.45, 2.75) is 18.6 Å². The average molecular weight is 410 g/mol. The van der Waals surface area contributed by atoms with Gasteiger partial charge in [-0.15, -0.1) is 0 Å². The third-order valence-electron chi connectivity index (χ3n) is 4.58. The van der Waals surface area contributed by atoms with Crippen LogP contribution < -0.4 is 25.0 Å². The Morgan fingerprint density at radius 1 is 1.21 bits per heavy atom. The van der Waals surface area contributed by atoms with Gasteiger partial charge in [-0.25, -0.2) is 9.78 Å². The molecule has 0 aliphatic carbocycles. The van der Waals surface area contributed by atoms with E-state index in [9.17, 15) is 18.0 Å². The number of amides is 2. The molecule has 1 saturated heterocycles. The van der Waals surface area contributed by atoms with Gasteiger partial charge in [0.1, 0.15) is 17.3 Å². The Balaban J connectivity index is 1.56. The molecule has 2 amide bonds. The molecule has 2 heterocycles. The van der Waals surface area contributed by atoms with Crippen LogP contribution in [0.1, 0.15) is 12.0 Å². The standard InChI is InChI=1S/C19H21F3N4O3/c1-28-14-4-5-15(16(9-14)29-2)25-18(27)24-13-7-8-26(11-13)17-6-3-12(10-23-17)19(20,21)22/h3-6,9-10,13H,7-8,11H2,1-2H3,(H2,24,25,27). The molecule has 1 aromatic heterocycles. The number of nitrogens with zero attached hydrogens (tertiary/aromatic N) is 2. The molecule has 10 heteroatoms. The normalized spacial score (nSPS) is 16.4. The minimum atomic E-state index is -4.42. The number of halogens is 3. The molecule has 1 atom stereocenters. The first-order valence-electron chi connectivity index (χ1n) is 8.88. The van der Waals surface area contributed by atoms with Gasteiger partial charge in [-0.2, -0.15) is 13.2 Å². The summed E-state index contributed by atoms with van der Waals surface area (Å²) in [5.41, 5.74) is -0.298. The second kappa shape index (κ2) is 8.46. The number of nitrogens with one attached hydrogen (secondary N) is 2. The molecule has 0 bridgehead atoms. The predicted molar refractivity (Wildman–Crippen MR) is 102 cm³/mol. The first-order chi connectivity index (χ1) is 13.8. The Bertz CT molecular complexity index is 859. The second-order valence-electron chi connectivity index (χ2n) is 6.50. The molecule has 3 rings (SSSR count). The lowest BCUT2D eigenvalue weighted by Gasteiger charge is -2.19. The number of pyridine rings is 1. The predicted octanol–water partition coefficient (Wildman–Crippen LogP) is 3.52. The third-order valence-corrected chi connectivity index (χ3v) is 4.58. The number of hydrogen-bond acceptors (Lipinski definition) is 5. The van der Waals surface area contributed by atoms with E-state index >= 15 is 0 Å². The number of hydrogen-bond donors (Lipinski definition) is 2. The SMILES string of the molecule is COc1ccc(NC(=O)NC2CCN(c3ccc(C(F)(F)F)cn3)C2)c(OC)c1. The van der Waals surface area contributed by atoms with Crippen LogP contribution in [0, 0.1) is 0 Å². The minimum absolute atomic E-state index is 0.164. The maximum Gasteiger partial charge on any atom is 0.417 e. The zero-order valence-corrected chi connectivity index (χ0v) is 15.9. The van der Waals surface area contributed by atoms with Crippen LogP contribution in [0.5, 0.6) is 11.5 Å². The molecule has 1 aliphatic rings. The molecular formula is C19H21F3N4O3. The summed E-state index contributed by atoms with van der Waals surface area (Å²) in [5.74, 6) is 1.50. The fraction of sp³-hybridized carbons (Fsp3) is 0.368. The average Bonchev–Trinajstić information content (AvgIpc) is 3.16. The molecule has 29 heavy (non-hydrogen) atoms. The lowest BCUT2D eigenvalue weighted by atomic mass is 10.2. The van der Waals surface area contributed by atoms with Crippen molar-refractivity contribution in [2.24, 2.45) is 0 Å². The van der Waals surface area contributed by atoms with Gasteiger partial charge in [-0.1, -0.05) is 0 Å². The molecule has 0 radical (unpaired) electrons. The summed E-state index contributed by atoms with van der Waals surface area (Å²) in [5, 5.41) is 5.58. The highest BCUT2D eigenvalue weighted by atomic mass is 19.4. The Hall–Kier alpha value is -3.17. The Labute approximate surface area is 165 Å². The number of carbonyl (C=O) groups excluding carboxylic acids is 1. The van der Waals surface area contributed by atoms with Crippen molar-refractivity contribution in [3.8, 4) is 11.5 Å². The van der Waals surface area contributed by atoms with E-state index in [4.69, 9.17) is 9.47 Å². The van der Waals surface area contributed by atoms with Gasteiger partial charge in [-0.05, 0) is 30.7 Å². The topological polar surface area (TPSA) is 75.7 Å². The van der Waals surface area contributed by atoms with Crippen LogP contribution in [0.3, 0.4) is 0 Å². The van der Waals surface area contributed by atoms with Crippen LogP contribution >= 0.6 is 0 Å². The molecule has 1 aliphatic heterocycles. The number of rotatable bonds is 5. The summed E-state index contributed by atoms with van der Waals surface area (Å²) in [4.78, 5) is 18.1. The zero-order valence-electron chi connectivity index (χ0n) is 15.9. The summed E-state index contributed by atoms with van der Waals surface area (Å²) >= 11 is 0. The molecular weight excluding hydrogens is 389 g/mol. The van der Waals surface area contributed by atoms with Crippen molar-refractivity contribution < 1.29 is 27.4 Å². The van der Waals surface area contributed by atoms with Crippen LogP contribution in [-0.4, -0.2) is 44.4 Å². The summed E-state index contributed by atoms with van der Waals surface area (Å²) < 4.78 is 48.3. The monoisotopic (exact) mass is 410 g/mol. The largest absolute Gasteiger partial charge is 0.497 e. The molecule has 1 unspecified atom stereocenters. The van der Waals surface area contributed by atoms with Gasteiger partial charge in [0.05, 0.1) is 25.5 Å². The number of anilines is 2. The van der Waals surface area contributed by atoms with Crippen LogP contribution in [0.2, 0.25) is 0 Å². The number of aromatic nitrogens is 1. The van der Waals surface area contributed by atoms with Gasteiger partial charge >= 0.3 is 12.2 Å². The van der Waals surface area contributed by atoms with Gasteiger partial charge in [0, 0.05) is 31.4 Å². The summed E-state index contributed by atoms with van der Waals surface area (Å²) in [6.45, 7) is 1.03. The van der Waals surface area contributed by atoms with Crippen molar-refractivity contribution >= 4 is 17.5 Å². The highest BCUT2D eigenvalue weighted by Gasteiger charge is 2.31.